The van der Waals surface area contributed by atoms with Crippen LogP contribution in [0.3, 0.4) is 0 Å². The maximum atomic E-state index is 4.17. The van der Waals surface area contributed by atoms with Crippen molar-refractivity contribution in [3.63, 3.8) is 0 Å². The molecule has 0 aromatic carbocycles. The molecule has 0 saturated heterocycles. The second-order valence-corrected chi connectivity index (χ2v) is 3.00. The molecule has 10 heavy (non-hydrogen) atoms. The summed E-state index contributed by atoms with van der Waals surface area (Å²) in [7, 11) is 0. The molecule has 0 amide bonds. The molecule has 2 nitrogen and oxygen atoms in total. The maximum Gasteiger partial charge on any atom is 0.193 e. The average molecular weight is 152 g/mol. The van der Waals surface area contributed by atoms with E-state index in [1.54, 1.807) is 11.3 Å². The molecule has 2 heterocycles. The molecule has 0 spiro atoms. The van der Waals surface area contributed by atoms with Gasteiger partial charge < -0.3 is 0 Å². The molecule has 2 aromatic heterocycles. The Morgan fingerprint density at radius 1 is 1.70 bits per heavy atom. The van der Waals surface area contributed by atoms with Crippen LogP contribution in [0.25, 0.3) is 4.96 Å². The molecular weight excluding hydrogens is 144 g/mol. The minimum atomic E-state index is 1.08. The van der Waals surface area contributed by atoms with Crippen LogP contribution >= 0.6 is 11.3 Å². The van der Waals surface area contributed by atoms with Crippen LogP contribution in [-0.4, -0.2) is 9.38 Å². The van der Waals surface area contributed by atoms with Crippen molar-refractivity contribution in [2.24, 2.45) is 0 Å². The standard InChI is InChI=1S/C7H8N2S/c1-2-6-5-10-7-8-3-4-9(6)7/h3-5H,2H2,1H3. The fraction of sp³-hybridized carbons (Fsp3) is 0.286. The second-order valence-electron chi connectivity index (χ2n) is 2.16. The molecule has 0 radical (unpaired) electrons. The Kier molecular flexibility index (Phi) is 1.24. The highest BCUT2D eigenvalue weighted by atomic mass is 32.1. The summed E-state index contributed by atoms with van der Waals surface area (Å²) in [5.74, 6) is 0. The van der Waals surface area contributed by atoms with Gasteiger partial charge in [0.15, 0.2) is 4.96 Å². The molecule has 52 valence electrons. The van der Waals surface area contributed by atoms with Crippen molar-refractivity contribution in [1.82, 2.24) is 9.38 Å². The third-order valence-corrected chi connectivity index (χ3v) is 2.48. The summed E-state index contributed by atoms with van der Waals surface area (Å²) in [5, 5.41) is 2.16. The smallest absolute Gasteiger partial charge is 0.193 e. The Balaban J connectivity index is 2.76. The van der Waals surface area contributed by atoms with E-state index in [1.165, 1.54) is 5.69 Å². The van der Waals surface area contributed by atoms with Crippen LogP contribution < -0.4 is 0 Å². The number of aromatic nitrogens is 2. The quantitative estimate of drug-likeness (QED) is 0.610. The lowest BCUT2D eigenvalue weighted by atomic mass is 10.4. The summed E-state index contributed by atoms with van der Waals surface area (Å²) in [4.78, 5) is 5.26. The van der Waals surface area contributed by atoms with Gasteiger partial charge in [0.25, 0.3) is 0 Å². The van der Waals surface area contributed by atoms with Crippen molar-refractivity contribution in [1.29, 1.82) is 0 Å². The lowest BCUT2D eigenvalue weighted by Crippen LogP contribution is -1.84. The normalized spacial score (nSPS) is 10.9. The molecule has 0 bridgehead atoms. The van der Waals surface area contributed by atoms with E-state index >= 15 is 0 Å². The van der Waals surface area contributed by atoms with Crippen molar-refractivity contribution in [3.8, 4) is 0 Å². The molecule has 0 fully saturated rings. The van der Waals surface area contributed by atoms with Crippen molar-refractivity contribution >= 4 is 16.3 Å². The third kappa shape index (κ3) is 0.671. The molecule has 0 saturated carbocycles. The molecule has 0 atom stereocenters. The molecule has 3 heteroatoms. The molecule has 2 aromatic rings. The first-order chi connectivity index (χ1) is 4.92. The van der Waals surface area contributed by atoms with Gasteiger partial charge in [-0.2, -0.15) is 0 Å². The van der Waals surface area contributed by atoms with Crippen LogP contribution in [0.4, 0.5) is 0 Å². The van der Waals surface area contributed by atoms with Gasteiger partial charge in [0.05, 0.1) is 0 Å². The van der Waals surface area contributed by atoms with Crippen LogP contribution in [0.15, 0.2) is 17.8 Å². The first-order valence-corrected chi connectivity index (χ1v) is 4.19. The maximum absolute atomic E-state index is 4.17. The van der Waals surface area contributed by atoms with Crippen molar-refractivity contribution in [3.05, 3.63) is 23.5 Å². The molecule has 0 unspecified atom stereocenters. The summed E-state index contributed by atoms with van der Waals surface area (Å²) in [6, 6.07) is 0. The number of rotatable bonds is 1. The minimum Gasteiger partial charge on any atom is -0.295 e. The monoisotopic (exact) mass is 152 g/mol. The van der Waals surface area contributed by atoms with E-state index in [2.05, 4.69) is 21.7 Å². The minimum absolute atomic E-state index is 1.08. The first kappa shape index (κ1) is 5.92. The molecule has 0 aliphatic rings. The van der Waals surface area contributed by atoms with Crippen molar-refractivity contribution < 1.29 is 0 Å². The van der Waals surface area contributed by atoms with Crippen LogP contribution in [0.1, 0.15) is 12.6 Å². The number of imidazole rings is 1. The SMILES string of the molecule is CCc1csc2nccn12. The van der Waals surface area contributed by atoms with Gasteiger partial charge in [0.1, 0.15) is 0 Å². The molecule has 0 aliphatic carbocycles. The van der Waals surface area contributed by atoms with Gasteiger partial charge in [-0.05, 0) is 6.42 Å². The van der Waals surface area contributed by atoms with E-state index in [0.717, 1.165) is 11.4 Å². The summed E-state index contributed by atoms with van der Waals surface area (Å²) in [6.07, 6.45) is 4.92. The molecular formula is C7H8N2S. The highest BCUT2D eigenvalue weighted by Gasteiger charge is 1.99. The van der Waals surface area contributed by atoms with Crippen molar-refractivity contribution in [2.75, 3.05) is 0 Å². The highest BCUT2D eigenvalue weighted by molar-refractivity contribution is 7.15. The average Bonchev–Trinajstić information content (AvgIpc) is 2.44. The fourth-order valence-electron chi connectivity index (χ4n) is 1.03. The van der Waals surface area contributed by atoms with E-state index in [9.17, 15) is 0 Å². The van der Waals surface area contributed by atoms with E-state index < -0.39 is 0 Å². The Labute approximate surface area is 63.1 Å². The van der Waals surface area contributed by atoms with Gasteiger partial charge in [-0.25, -0.2) is 4.98 Å². The van der Waals surface area contributed by atoms with Crippen LogP contribution in [-0.2, 0) is 6.42 Å². The second kappa shape index (κ2) is 2.09. The predicted molar refractivity (Wildman–Crippen MR) is 42.4 cm³/mol. The van der Waals surface area contributed by atoms with Crippen LogP contribution in [0, 0.1) is 0 Å². The molecule has 0 N–H and O–H groups in total. The molecule has 2 rings (SSSR count). The number of hydrogen-bond acceptors (Lipinski definition) is 2. The van der Waals surface area contributed by atoms with E-state index in [1.807, 2.05) is 12.4 Å². The van der Waals surface area contributed by atoms with Crippen LogP contribution in [0.2, 0.25) is 0 Å². The Morgan fingerprint density at radius 3 is 3.40 bits per heavy atom. The number of fused-ring (bicyclic) bond motifs is 1. The lowest BCUT2D eigenvalue weighted by Gasteiger charge is -1.88. The topological polar surface area (TPSA) is 17.3 Å². The van der Waals surface area contributed by atoms with E-state index in [4.69, 9.17) is 0 Å². The van der Waals surface area contributed by atoms with Gasteiger partial charge in [-0.3, -0.25) is 4.40 Å². The Hall–Kier alpha value is -0.830. The first-order valence-electron chi connectivity index (χ1n) is 3.31. The Bertz CT molecular complexity index is 334. The lowest BCUT2D eigenvalue weighted by molar-refractivity contribution is 1.00. The number of nitrogens with zero attached hydrogens (tertiary/aromatic N) is 2. The summed E-state index contributed by atoms with van der Waals surface area (Å²) < 4.78 is 2.13. The van der Waals surface area contributed by atoms with Gasteiger partial charge in [-0.1, -0.05) is 6.92 Å². The number of aryl methyl sites for hydroxylation is 1. The predicted octanol–water partition coefficient (Wildman–Crippen LogP) is 1.96. The fourth-order valence-corrected chi connectivity index (χ4v) is 1.96. The summed E-state index contributed by atoms with van der Waals surface area (Å²) >= 11 is 1.70. The summed E-state index contributed by atoms with van der Waals surface area (Å²) in [5.41, 5.74) is 1.34. The van der Waals surface area contributed by atoms with Gasteiger partial charge in [0, 0.05) is 23.5 Å². The van der Waals surface area contributed by atoms with Gasteiger partial charge in [0.2, 0.25) is 0 Å². The van der Waals surface area contributed by atoms with Gasteiger partial charge in [-0.15, -0.1) is 11.3 Å². The zero-order valence-corrected chi connectivity index (χ0v) is 6.56. The summed E-state index contributed by atoms with van der Waals surface area (Å²) in [6.45, 7) is 2.15. The number of hydrogen-bond donors (Lipinski definition) is 0. The highest BCUT2D eigenvalue weighted by Crippen LogP contribution is 2.14. The Morgan fingerprint density at radius 2 is 2.60 bits per heavy atom. The zero-order valence-electron chi connectivity index (χ0n) is 5.74. The van der Waals surface area contributed by atoms with Crippen molar-refractivity contribution in [2.45, 2.75) is 13.3 Å². The zero-order chi connectivity index (χ0) is 6.97. The van der Waals surface area contributed by atoms with E-state index in [-0.39, 0.29) is 0 Å². The van der Waals surface area contributed by atoms with E-state index in [0.29, 0.717) is 0 Å². The van der Waals surface area contributed by atoms with Crippen LogP contribution in [0.5, 0.6) is 0 Å². The largest absolute Gasteiger partial charge is 0.295 e. The van der Waals surface area contributed by atoms with Gasteiger partial charge >= 0.3 is 0 Å². The third-order valence-electron chi connectivity index (χ3n) is 1.58. The number of thiazole rings is 1. The molecule has 0 aliphatic heterocycles.